The number of likely N-dealkylation sites (N-methyl/N-ethyl adjacent to an activating group) is 1. The molecule has 0 saturated carbocycles. The van der Waals surface area contributed by atoms with Crippen LogP contribution in [0.3, 0.4) is 0 Å². The van der Waals surface area contributed by atoms with Crippen LogP contribution in [0.25, 0.3) is 0 Å². The highest BCUT2D eigenvalue weighted by Gasteiger charge is 2.41. The topological polar surface area (TPSA) is 49.4 Å². The Balaban J connectivity index is 1.56. The molecule has 5 heteroatoms. The van der Waals surface area contributed by atoms with Gasteiger partial charge in [-0.05, 0) is 24.8 Å². The number of carbonyl (C=O) groups is 2. The van der Waals surface area contributed by atoms with Gasteiger partial charge in [-0.2, -0.15) is 0 Å². The Morgan fingerprint density at radius 3 is 1.80 bits per heavy atom. The molecule has 1 N–H and O–H groups in total. The van der Waals surface area contributed by atoms with E-state index in [2.05, 4.69) is 45.5 Å². The van der Waals surface area contributed by atoms with Gasteiger partial charge < -0.3 is 14.7 Å². The maximum atomic E-state index is 13.7. The molecular formula is C35H62N3O2+. The molecule has 1 heterocycles. The van der Waals surface area contributed by atoms with Gasteiger partial charge in [-0.1, -0.05) is 134 Å². The van der Waals surface area contributed by atoms with Crippen molar-refractivity contribution in [1.29, 1.82) is 0 Å². The van der Waals surface area contributed by atoms with Gasteiger partial charge in [-0.3, -0.25) is 9.59 Å². The van der Waals surface area contributed by atoms with Crippen molar-refractivity contribution >= 4 is 11.8 Å². The number of benzene rings is 1. The second-order valence-electron chi connectivity index (χ2n) is 13.1. The van der Waals surface area contributed by atoms with Crippen molar-refractivity contribution in [1.82, 2.24) is 10.2 Å². The molecule has 1 aliphatic heterocycles. The third-order valence-electron chi connectivity index (χ3n) is 8.66. The van der Waals surface area contributed by atoms with Gasteiger partial charge in [-0.15, -0.1) is 0 Å². The van der Waals surface area contributed by atoms with Crippen molar-refractivity contribution in [3.63, 3.8) is 0 Å². The van der Waals surface area contributed by atoms with Crippen LogP contribution in [-0.2, 0) is 16.0 Å². The lowest BCUT2D eigenvalue weighted by molar-refractivity contribution is -0.886. The minimum atomic E-state index is -0.321. The lowest BCUT2D eigenvalue weighted by atomic mass is 10.0. The van der Waals surface area contributed by atoms with Crippen LogP contribution in [0.4, 0.5) is 0 Å². The van der Waals surface area contributed by atoms with Gasteiger partial charge in [-0.25, -0.2) is 0 Å². The number of amides is 2. The van der Waals surface area contributed by atoms with E-state index in [-0.39, 0.29) is 23.9 Å². The van der Waals surface area contributed by atoms with E-state index in [0.29, 0.717) is 17.4 Å². The molecule has 1 fully saturated rings. The second kappa shape index (κ2) is 20.1. The maximum Gasteiger partial charge on any atom is 0.281 e. The van der Waals surface area contributed by atoms with E-state index in [1.54, 1.807) is 0 Å². The van der Waals surface area contributed by atoms with Gasteiger partial charge in [0.25, 0.3) is 5.91 Å². The smallest absolute Gasteiger partial charge is 0.281 e. The van der Waals surface area contributed by atoms with Gasteiger partial charge in [0.15, 0.2) is 6.04 Å². The number of hydrogen-bond donors (Lipinski definition) is 1. The monoisotopic (exact) mass is 556 g/mol. The van der Waals surface area contributed by atoms with Gasteiger partial charge >= 0.3 is 0 Å². The fraction of sp³-hybridized carbons (Fsp3) is 0.771. The summed E-state index contributed by atoms with van der Waals surface area (Å²) in [5, 5.41) is 3.15. The van der Waals surface area contributed by atoms with Gasteiger partial charge in [0.1, 0.15) is 6.04 Å². The van der Waals surface area contributed by atoms with Crippen LogP contribution >= 0.6 is 0 Å². The van der Waals surface area contributed by atoms with Crippen molar-refractivity contribution in [2.45, 2.75) is 141 Å². The molecule has 0 aromatic heterocycles. The number of unbranched alkanes of at least 4 members (excludes halogenated alkanes) is 15. The van der Waals surface area contributed by atoms with E-state index in [1.165, 1.54) is 96.3 Å². The Hall–Kier alpha value is -1.88. The quantitative estimate of drug-likeness (QED) is 0.118. The Morgan fingerprint density at radius 2 is 1.30 bits per heavy atom. The predicted molar refractivity (Wildman–Crippen MR) is 169 cm³/mol. The molecule has 1 aromatic carbocycles. The van der Waals surface area contributed by atoms with Crippen LogP contribution in [-0.4, -0.2) is 67.5 Å². The molecule has 5 nitrogen and oxygen atoms in total. The SMILES string of the molecule is CCCCCCCCCCCCCCCCCCNC(=O)[C@@H]1CCCN1C(=O)[C@H](Cc1ccccc1)[N+](C)(C)C. The van der Waals surface area contributed by atoms with Crippen LogP contribution in [0.5, 0.6) is 0 Å². The summed E-state index contributed by atoms with van der Waals surface area (Å²) in [5.41, 5.74) is 1.16. The molecule has 0 aliphatic carbocycles. The number of nitrogens with zero attached hydrogens (tertiary/aromatic N) is 2. The molecular weight excluding hydrogens is 494 g/mol. The number of hydrogen-bond acceptors (Lipinski definition) is 2. The molecule has 0 unspecified atom stereocenters. The predicted octanol–water partition coefficient (Wildman–Crippen LogP) is 7.67. The Labute approximate surface area is 247 Å². The van der Waals surface area contributed by atoms with E-state index in [9.17, 15) is 9.59 Å². The van der Waals surface area contributed by atoms with E-state index in [0.717, 1.165) is 31.4 Å². The van der Waals surface area contributed by atoms with Crippen LogP contribution in [0.2, 0.25) is 0 Å². The zero-order chi connectivity index (χ0) is 29.1. The van der Waals surface area contributed by atoms with Crippen molar-refractivity contribution < 1.29 is 14.1 Å². The summed E-state index contributed by atoms with van der Waals surface area (Å²) in [5.74, 6) is 0.142. The molecule has 0 spiro atoms. The number of nitrogens with one attached hydrogen (secondary N) is 1. The maximum absolute atomic E-state index is 13.7. The van der Waals surface area contributed by atoms with Gasteiger partial charge in [0, 0.05) is 19.5 Å². The molecule has 0 bridgehead atoms. The number of likely N-dealkylation sites (tertiary alicyclic amines) is 1. The zero-order valence-electron chi connectivity index (χ0n) is 26.6. The van der Waals surface area contributed by atoms with Crippen LogP contribution in [0.15, 0.2) is 30.3 Å². The lowest BCUT2D eigenvalue weighted by Crippen LogP contribution is -2.58. The normalized spacial score (nSPS) is 16.3. The first-order chi connectivity index (χ1) is 19.3. The Morgan fingerprint density at radius 1 is 0.800 bits per heavy atom. The molecule has 1 saturated heterocycles. The first kappa shape index (κ1) is 34.3. The number of rotatable bonds is 22. The fourth-order valence-electron chi connectivity index (χ4n) is 6.03. The molecule has 2 amide bonds. The molecule has 2 atom stereocenters. The molecule has 1 aliphatic rings. The summed E-state index contributed by atoms with van der Waals surface area (Å²) in [6.45, 7) is 3.69. The van der Waals surface area contributed by atoms with Crippen LogP contribution in [0.1, 0.15) is 128 Å². The lowest BCUT2D eigenvalue weighted by Gasteiger charge is -2.37. The number of carbonyl (C=O) groups excluding carboxylic acids is 2. The summed E-state index contributed by atoms with van der Waals surface area (Å²) in [7, 11) is 6.23. The van der Waals surface area contributed by atoms with E-state index in [4.69, 9.17) is 0 Å². The number of quaternary nitrogens is 1. The summed E-state index contributed by atoms with van der Waals surface area (Å²) < 4.78 is 0.553. The first-order valence-electron chi connectivity index (χ1n) is 16.8. The van der Waals surface area contributed by atoms with E-state index in [1.807, 2.05) is 23.1 Å². The third-order valence-corrected chi connectivity index (χ3v) is 8.66. The van der Waals surface area contributed by atoms with Crippen molar-refractivity contribution in [2.75, 3.05) is 34.2 Å². The second-order valence-corrected chi connectivity index (χ2v) is 13.1. The average molecular weight is 557 g/mol. The first-order valence-corrected chi connectivity index (χ1v) is 16.8. The Bertz CT molecular complexity index is 805. The molecule has 40 heavy (non-hydrogen) atoms. The van der Waals surface area contributed by atoms with Crippen molar-refractivity contribution in [3.05, 3.63) is 35.9 Å². The molecule has 228 valence electrons. The van der Waals surface area contributed by atoms with Gasteiger partial charge in [0.05, 0.1) is 21.1 Å². The summed E-state index contributed by atoms with van der Waals surface area (Å²) in [4.78, 5) is 28.6. The minimum Gasteiger partial charge on any atom is -0.354 e. The van der Waals surface area contributed by atoms with Crippen LogP contribution in [0, 0.1) is 0 Å². The average Bonchev–Trinajstić information content (AvgIpc) is 3.43. The fourth-order valence-corrected chi connectivity index (χ4v) is 6.03. The Kier molecular flexibility index (Phi) is 17.2. The van der Waals surface area contributed by atoms with E-state index < -0.39 is 0 Å². The van der Waals surface area contributed by atoms with Crippen molar-refractivity contribution in [3.8, 4) is 0 Å². The molecule has 2 rings (SSSR count). The van der Waals surface area contributed by atoms with Gasteiger partial charge in [0.2, 0.25) is 5.91 Å². The highest BCUT2D eigenvalue weighted by Crippen LogP contribution is 2.23. The molecule has 1 aromatic rings. The minimum absolute atomic E-state index is 0.0340. The van der Waals surface area contributed by atoms with E-state index >= 15 is 0 Å². The highest BCUT2D eigenvalue weighted by molar-refractivity contribution is 5.90. The summed E-state index contributed by atoms with van der Waals surface area (Å²) in [6.07, 6.45) is 24.0. The highest BCUT2D eigenvalue weighted by atomic mass is 16.2. The van der Waals surface area contributed by atoms with Crippen LogP contribution < -0.4 is 5.32 Å². The standard InChI is InChI=1S/C35H61N3O2/c1-5-6-7-8-9-10-11-12-13-14-15-16-17-18-19-23-28-36-34(39)32-27-24-29-37(32)35(40)33(38(2,3)4)30-31-25-21-20-22-26-31/h20-22,25-26,32-33H,5-19,23-24,27-30H2,1-4H3/p+1/t32-,33-/m0/s1. The van der Waals surface area contributed by atoms with Crippen molar-refractivity contribution in [2.24, 2.45) is 0 Å². The largest absolute Gasteiger partial charge is 0.354 e. The zero-order valence-corrected chi connectivity index (χ0v) is 26.6. The summed E-state index contributed by atoms with van der Waals surface area (Å²) in [6, 6.07) is 9.71. The summed E-state index contributed by atoms with van der Waals surface area (Å²) >= 11 is 0. The molecule has 0 radical (unpaired) electrons. The third kappa shape index (κ3) is 13.7.